The lowest BCUT2D eigenvalue weighted by Crippen LogP contribution is -2.36. The van der Waals surface area contributed by atoms with E-state index in [1.54, 1.807) is 24.3 Å². The minimum atomic E-state index is -0.995. The lowest BCUT2D eigenvalue weighted by molar-refractivity contribution is -0.133. The lowest BCUT2D eigenvalue weighted by atomic mass is 10.1. The van der Waals surface area contributed by atoms with E-state index < -0.39 is 23.5 Å². The van der Waals surface area contributed by atoms with E-state index in [1.807, 2.05) is 32.0 Å². The zero-order valence-corrected chi connectivity index (χ0v) is 19.9. The smallest absolute Gasteiger partial charge is 0.320 e. The van der Waals surface area contributed by atoms with Gasteiger partial charge in [-0.05, 0) is 73.5 Å². The Kier molecular flexibility index (Phi) is 6.47. The fraction of sp³-hybridized carbons (Fsp3) is 0.0800. The molecule has 34 heavy (non-hydrogen) atoms. The maximum atomic E-state index is 13.2. The molecule has 3 aromatic carbocycles. The molecule has 3 amide bonds. The Bertz CT molecular complexity index is 1410. The number of fused-ring (bicyclic) bond motifs is 1. The van der Waals surface area contributed by atoms with Crippen molar-refractivity contribution < 1.29 is 18.8 Å². The summed E-state index contributed by atoms with van der Waals surface area (Å²) in [5.41, 5.74) is 5.87. The number of aryl methyl sites for hydroxylation is 2. The zero-order valence-electron chi connectivity index (χ0n) is 18.3. The van der Waals surface area contributed by atoms with Gasteiger partial charge in [-0.3, -0.25) is 19.8 Å². The summed E-state index contributed by atoms with van der Waals surface area (Å²) >= 11 is 3.40. The molecule has 172 valence electrons. The van der Waals surface area contributed by atoms with E-state index in [0.29, 0.717) is 16.6 Å². The van der Waals surface area contributed by atoms with Crippen LogP contribution in [-0.4, -0.2) is 22.4 Å². The Hall–Kier alpha value is -3.98. The van der Waals surface area contributed by atoms with Crippen LogP contribution in [0.15, 0.2) is 71.2 Å². The maximum Gasteiger partial charge on any atom is 0.328 e. The molecule has 1 heterocycles. The van der Waals surface area contributed by atoms with Gasteiger partial charge in [-0.15, -0.1) is 0 Å². The van der Waals surface area contributed by atoms with Gasteiger partial charge in [0.1, 0.15) is 11.5 Å². The van der Waals surface area contributed by atoms with Crippen molar-refractivity contribution in [1.29, 1.82) is 0 Å². The molecule has 1 aromatic heterocycles. The van der Waals surface area contributed by atoms with E-state index >= 15 is 0 Å². The second-order valence-electron chi connectivity index (χ2n) is 7.69. The maximum absolute atomic E-state index is 13.2. The highest BCUT2D eigenvalue weighted by molar-refractivity contribution is 9.10. The highest BCUT2D eigenvalue weighted by atomic mass is 79.9. The number of hydrogen-bond donors (Lipinski definition) is 3. The van der Waals surface area contributed by atoms with Crippen molar-refractivity contribution in [3.63, 3.8) is 0 Å². The van der Waals surface area contributed by atoms with Crippen LogP contribution >= 0.6 is 15.9 Å². The summed E-state index contributed by atoms with van der Waals surface area (Å²) in [7, 11) is 0. The lowest BCUT2D eigenvalue weighted by Gasteiger charge is -2.14. The first kappa shape index (κ1) is 23.2. The first-order chi connectivity index (χ1) is 16.2. The summed E-state index contributed by atoms with van der Waals surface area (Å²) in [5, 5.41) is 5.98. The van der Waals surface area contributed by atoms with E-state index in [9.17, 15) is 18.8 Å². The van der Waals surface area contributed by atoms with Crippen molar-refractivity contribution in [3.05, 3.63) is 93.8 Å². The highest BCUT2D eigenvalue weighted by Crippen LogP contribution is 2.25. The van der Waals surface area contributed by atoms with Gasteiger partial charge in [0.05, 0.1) is 5.52 Å². The highest BCUT2D eigenvalue weighted by Gasteiger charge is 2.22. The summed E-state index contributed by atoms with van der Waals surface area (Å²) in [6.45, 7) is 3.77. The molecule has 7 nitrogen and oxygen atoms in total. The topological polar surface area (TPSA) is 92.2 Å². The summed E-state index contributed by atoms with van der Waals surface area (Å²) in [5.74, 6) is -2.88. The molecule has 0 aliphatic carbocycles. The Morgan fingerprint density at radius 1 is 0.853 bits per heavy atom. The van der Waals surface area contributed by atoms with Crippen molar-refractivity contribution in [2.24, 2.45) is 0 Å². The van der Waals surface area contributed by atoms with E-state index in [4.69, 9.17) is 0 Å². The van der Waals surface area contributed by atoms with Crippen LogP contribution in [0.25, 0.3) is 10.9 Å². The number of carbonyl (C=O) groups excluding carboxylic acids is 3. The molecule has 0 spiro atoms. The molecule has 0 bridgehead atoms. The Morgan fingerprint density at radius 3 is 2.21 bits per heavy atom. The van der Waals surface area contributed by atoms with Gasteiger partial charge < -0.3 is 10.6 Å². The van der Waals surface area contributed by atoms with Crippen molar-refractivity contribution in [1.82, 2.24) is 4.68 Å². The number of anilines is 2. The predicted octanol–water partition coefficient (Wildman–Crippen LogP) is 5.12. The van der Waals surface area contributed by atoms with Crippen molar-refractivity contribution in [3.8, 4) is 0 Å². The molecule has 0 fully saturated rings. The first-order valence-corrected chi connectivity index (χ1v) is 11.1. The van der Waals surface area contributed by atoms with Gasteiger partial charge in [-0.25, -0.2) is 9.07 Å². The van der Waals surface area contributed by atoms with Crippen molar-refractivity contribution in [2.75, 3.05) is 16.1 Å². The van der Waals surface area contributed by atoms with Crippen LogP contribution in [-0.2, 0) is 9.59 Å². The van der Waals surface area contributed by atoms with Crippen LogP contribution in [0.3, 0.4) is 0 Å². The molecule has 3 N–H and O–H groups in total. The fourth-order valence-electron chi connectivity index (χ4n) is 3.54. The Labute approximate surface area is 203 Å². The number of aromatic nitrogens is 1. The van der Waals surface area contributed by atoms with Gasteiger partial charge in [-0.1, -0.05) is 34.1 Å². The SMILES string of the molecule is Cc1cccc(C)c1NC(=O)c1cc2cc(Br)ccc2n1NC(=O)C(=O)Nc1ccc(F)cc1. The quantitative estimate of drug-likeness (QED) is 0.325. The minimum Gasteiger partial charge on any atom is -0.320 e. The third-order valence-electron chi connectivity index (χ3n) is 5.24. The summed E-state index contributed by atoms with van der Waals surface area (Å²) in [6, 6.07) is 17.6. The molecule has 0 radical (unpaired) electrons. The molecule has 0 unspecified atom stereocenters. The Balaban J connectivity index is 1.65. The molecule has 4 rings (SSSR count). The van der Waals surface area contributed by atoms with Gasteiger partial charge in [-0.2, -0.15) is 0 Å². The standard InChI is InChI=1S/C25H20BrFN4O3/c1-14-4-3-5-15(2)22(14)29-23(32)21-13-16-12-17(26)6-11-20(16)31(21)30-25(34)24(33)28-19-9-7-18(27)8-10-19/h3-13H,1-2H3,(H,28,33)(H,29,32)(H,30,34). The van der Waals surface area contributed by atoms with Gasteiger partial charge in [0.2, 0.25) is 0 Å². The van der Waals surface area contributed by atoms with Crippen LogP contribution in [0.2, 0.25) is 0 Å². The zero-order chi connectivity index (χ0) is 24.4. The molecule has 4 aromatic rings. The molecule has 9 heteroatoms. The molecule has 0 saturated heterocycles. The largest absolute Gasteiger partial charge is 0.328 e. The van der Waals surface area contributed by atoms with Crippen LogP contribution in [0, 0.1) is 19.7 Å². The number of nitrogens with one attached hydrogen (secondary N) is 3. The fourth-order valence-corrected chi connectivity index (χ4v) is 3.92. The average molecular weight is 523 g/mol. The van der Waals surface area contributed by atoms with Gasteiger partial charge in [0, 0.05) is 21.2 Å². The minimum absolute atomic E-state index is 0.138. The number of hydrogen-bond acceptors (Lipinski definition) is 3. The monoisotopic (exact) mass is 522 g/mol. The van der Waals surface area contributed by atoms with Crippen LogP contribution in [0.4, 0.5) is 15.8 Å². The summed E-state index contributed by atoms with van der Waals surface area (Å²) in [6.07, 6.45) is 0. The van der Waals surface area contributed by atoms with Crippen molar-refractivity contribution >= 4 is 55.9 Å². The summed E-state index contributed by atoms with van der Waals surface area (Å²) < 4.78 is 15.2. The second kappa shape index (κ2) is 9.48. The molecular formula is C25H20BrFN4O3. The van der Waals surface area contributed by atoms with E-state index in [-0.39, 0.29) is 11.4 Å². The first-order valence-electron chi connectivity index (χ1n) is 10.3. The van der Waals surface area contributed by atoms with Crippen LogP contribution in [0.1, 0.15) is 21.6 Å². The molecule has 0 aliphatic rings. The average Bonchev–Trinajstić information content (AvgIpc) is 3.15. The molecule has 0 aliphatic heterocycles. The van der Waals surface area contributed by atoms with Crippen LogP contribution in [0.5, 0.6) is 0 Å². The number of nitrogens with zero attached hydrogens (tertiary/aromatic N) is 1. The third-order valence-corrected chi connectivity index (χ3v) is 5.73. The van der Waals surface area contributed by atoms with Crippen molar-refractivity contribution in [2.45, 2.75) is 13.8 Å². The van der Waals surface area contributed by atoms with E-state index in [1.165, 1.54) is 28.9 Å². The molecule has 0 saturated carbocycles. The number of rotatable bonds is 4. The van der Waals surface area contributed by atoms with Gasteiger partial charge in [0.25, 0.3) is 5.91 Å². The third kappa shape index (κ3) is 4.84. The van der Waals surface area contributed by atoms with Crippen LogP contribution < -0.4 is 16.1 Å². The van der Waals surface area contributed by atoms with Gasteiger partial charge >= 0.3 is 11.8 Å². The van der Waals surface area contributed by atoms with E-state index in [0.717, 1.165) is 15.6 Å². The Morgan fingerprint density at radius 2 is 1.53 bits per heavy atom. The molecular weight excluding hydrogens is 503 g/mol. The van der Waals surface area contributed by atoms with E-state index in [2.05, 4.69) is 32.0 Å². The summed E-state index contributed by atoms with van der Waals surface area (Å²) in [4.78, 5) is 38.3. The van der Waals surface area contributed by atoms with Gasteiger partial charge in [0.15, 0.2) is 0 Å². The second-order valence-corrected chi connectivity index (χ2v) is 8.61. The number of amides is 3. The normalized spacial score (nSPS) is 10.7. The number of halogens is 2. The molecule has 0 atom stereocenters. The number of carbonyl (C=O) groups is 3. The predicted molar refractivity (Wildman–Crippen MR) is 133 cm³/mol. The number of benzene rings is 3. The number of para-hydroxylation sites is 1.